The summed E-state index contributed by atoms with van der Waals surface area (Å²) in [5.74, 6) is -0.0665. The van der Waals surface area contributed by atoms with Crippen molar-refractivity contribution in [1.82, 2.24) is 0 Å². The molecule has 1 atom stereocenters. The Morgan fingerprint density at radius 1 is 1.33 bits per heavy atom. The maximum Gasteiger partial charge on any atom is 0.163 e. The number of halogens is 2. The lowest BCUT2D eigenvalue weighted by Gasteiger charge is -2.13. The van der Waals surface area contributed by atoms with Gasteiger partial charge in [0.1, 0.15) is 0 Å². The molecule has 0 fully saturated rings. The second-order valence-electron chi connectivity index (χ2n) is 3.37. The van der Waals surface area contributed by atoms with Crippen LogP contribution >= 0.6 is 11.8 Å². The lowest BCUT2D eigenvalue weighted by atomic mass is 10.1. The zero-order valence-electron chi connectivity index (χ0n) is 8.89. The van der Waals surface area contributed by atoms with Gasteiger partial charge in [-0.1, -0.05) is 19.1 Å². The van der Waals surface area contributed by atoms with Crippen molar-refractivity contribution < 1.29 is 8.78 Å². The van der Waals surface area contributed by atoms with Crippen LogP contribution < -0.4 is 5.73 Å². The first-order valence-corrected chi connectivity index (χ1v) is 6.01. The number of rotatable bonds is 4. The van der Waals surface area contributed by atoms with Gasteiger partial charge >= 0.3 is 0 Å². The second-order valence-corrected chi connectivity index (χ2v) is 4.68. The van der Waals surface area contributed by atoms with Crippen molar-refractivity contribution in [1.29, 1.82) is 0 Å². The Bertz CT molecular complexity index is 342. The van der Waals surface area contributed by atoms with Crippen LogP contribution in [-0.2, 0) is 0 Å². The fourth-order valence-electron chi connectivity index (χ4n) is 1.28. The minimum Gasteiger partial charge on any atom is -0.323 e. The normalized spacial score (nSPS) is 12.9. The van der Waals surface area contributed by atoms with Gasteiger partial charge in [-0.3, -0.25) is 0 Å². The topological polar surface area (TPSA) is 26.0 Å². The molecule has 1 nitrogen and oxygen atoms in total. The van der Waals surface area contributed by atoms with Crippen molar-refractivity contribution in [2.75, 3.05) is 11.5 Å². The molecule has 0 aliphatic heterocycles. The molecular formula is C11H15F2NS. The van der Waals surface area contributed by atoms with Crippen molar-refractivity contribution >= 4 is 11.8 Å². The summed E-state index contributed by atoms with van der Waals surface area (Å²) in [5.41, 5.74) is 6.35. The lowest BCUT2D eigenvalue weighted by Crippen LogP contribution is -2.16. The van der Waals surface area contributed by atoms with Gasteiger partial charge in [0.05, 0.1) is 0 Å². The van der Waals surface area contributed by atoms with Crippen LogP contribution in [-0.4, -0.2) is 11.5 Å². The van der Waals surface area contributed by atoms with Crippen molar-refractivity contribution in [3.8, 4) is 0 Å². The second kappa shape index (κ2) is 5.47. The quantitative estimate of drug-likeness (QED) is 0.862. The Morgan fingerprint density at radius 3 is 2.60 bits per heavy atom. The van der Waals surface area contributed by atoms with Crippen LogP contribution in [0.3, 0.4) is 0 Å². The molecule has 1 aromatic carbocycles. The molecule has 0 aromatic heterocycles. The molecule has 0 radical (unpaired) electrons. The van der Waals surface area contributed by atoms with Crippen molar-refractivity contribution in [2.24, 2.45) is 5.73 Å². The van der Waals surface area contributed by atoms with Crippen molar-refractivity contribution in [2.45, 2.75) is 19.9 Å². The van der Waals surface area contributed by atoms with Crippen LogP contribution in [0.2, 0.25) is 0 Å². The molecular weight excluding hydrogens is 216 g/mol. The smallest absolute Gasteiger partial charge is 0.163 e. The van der Waals surface area contributed by atoms with E-state index >= 15 is 0 Å². The molecule has 15 heavy (non-hydrogen) atoms. The van der Waals surface area contributed by atoms with Gasteiger partial charge in [0.25, 0.3) is 0 Å². The maximum atomic E-state index is 13.5. The van der Waals surface area contributed by atoms with Gasteiger partial charge < -0.3 is 5.73 Å². The van der Waals surface area contributed by atoms with Gasteiger partial charge in [0, 0.05) is 17.4 Å². The first kappa shape index (κ1) is 12.5. The molecule has 0 aliphatic rings. The summed E-state index contributed by atoms with van der Waals surface area (Å²) in [6, 6.07) is 2.68. The van der Waals surface area contributed by atoms with Crippen LogP contribution in [0.4, 0.5) is 8.78 Å². The molecule has 0 heterocycles. The highest BCUT2D eigenvalue weighted by molar-refractivity contribution is 7.99. The molecule has 4 heteroatoms. The number of nitrogens with two attached hydrogens (primary N) is 1. The summed E-state index contributed by atoms with van der Waals surface area (Å²) in [6.07, 6.45) is 0. The Balaban J connectivity index is 2.90. The van der Waals surface area contributed by atoms with E-state index in [1.807, 2.05) is 6.92 Å². The standard InChI is InChI=1S/C11H15F2NS/c1-3-15-6-9(14)8-5-4-7(2)10(12)11(8)13/h4-5,9H,3,6,14H2,1-2H3. The minimum absolute atomic E-state index is 0.263. The lowest BCUT2D eigenvalue weighted by molar-refractivity contribution is 0.488. The summed E-state index contributed by atoms with van der Waals surface area (Å²) >= 11 is 1.62. The molecule has 1 unspecified atom stereocenters. The number of thioether (sulfide) groups is 1. The third-order valence-electron chi connectivity index (χ3n) is 2.21. The number of aryl methyl sites for hydroxylation is 1. The predicted octanol–water partition coefficient (Wildman–Crippen LogP) is 3.03. The molecule has 0 amide bonds. The van der Waals surface area contributed by atoms with E-state index in [-0.39, 0.29) is 5.56 Å². The molecule has 0 saturated carbocycles. The number of hydrogen-bond acceptors (Lipinski definition) is 2. The Kier molecular flexibility index (Phi) is 4.54. The van der Waals surface area contributed by atoms with Gasteiger partial charge in [-0.15, -0.1) is 0 Å². The Labute approximate surface area is 93.1 Å². The molecule has 0 bridgehead atoms. The van der Waals surface area contributed by atoms with Gasteiger partial charge in [0.2, 0.25) is 0 Å². The van der Waals surface area contributed by atoms with E-state index in [9.17, 15) is 8.78 Å². The zero-order chi connectivity index (χ0) is 11.4. The third-order valence-corrected chi connectivity index (χ3v) is 3.21. The summed E-state index contributed by atoms with van der Waals surface area (Å²) in [4.78, 5) is 0. The number of hydrogen-bond donors (Lipinski definition) is 1. The Morgan fingerprint density at radius 2 is 2.00 bits per heavy atom. The van der Waals surface area contributed by atoms with E-state index in [0.717, 1.165) is 5.75 Å². The van der Waals surface area contributed by atoms with Crippen LogP contribution in [0.1, 0.15) is 24.1 Å². The largest absolute Gasteiger partial charge is 0.323 e. The highest BCUT2D eigenvalue weighted by Gasteiger charge is 2.16. The molecule has 84 valence electrons. The van der Waals surface area contributed by atoms with Gasteiger partial charge in [-0.2, -0.15) is 11.8 Å². The third kappa shape index (κ3) is 2.92. The van der Waals surface area contributed by atoms with Crippen LogP contribution in [0, 0.1) is 18.6 Å². The Hall–Kier alpha value is -0.610. The average molecular weight is 231 g/mol. The highest BCUT2D eigenvalue weighted by atomic mass is 32.2. The molecule has 1 aromatic rings. The van der Waals surface area contributed by atoms with Crippen LogP contribution in [0.15, 0.2) is 12.1 Å². The average Bonchev–Trinajstić information content (AvgIpc) is 2.23. The van der Waals surface area contributed by atoms with Crippen LogP contribution in [0.5, 0.6) is 0 Å². The van der Waals surface area contributed by atoms with E-state index in [1.54, 1.807) is 23.9 Å². The number of benzene rings is 1. The highest BCUT2D eigenvalue weighted by Crippen LogP contribution is 2.22. The molecule has 0 saturated heterocycles. The first-order chi connectivity index (χ1) is 7.07. The monoisotopic (exact) mass is 231 g/mol. The van der Waals surface area contributed by atoms with Gasteiger partial charge in [-0.25, -0.2) is 8.78 Å². The molecule has 1 rings (SSSR count). The fourth-order valence-corrected chi connectivity index (χ4v) is 1.95. The van der Waals surface area contributed by atoms with E-state index in [0.29, 0.717) is 11.3 Å². The minimum atomic E-state index is -0.806. The summed E-state index contributed by atoms with van der Waals surface area (Å²) in [5, 5.41) is 0. The maximum absolute atomic E-state index is 13.5. The van der Waals surface area contributed by atoms with E-state index in [1.165, 1.54) is 6.92 Å². The van der Waals surface area contributed by atoms with E-state index in [2.05, 4.69) is 0 Å². The summed E-state index contributed by atoms with van der Waals surface area (Å²) < 4.78 is 26.7. The van der Waals surface area contributed by atoms with Gasteiger partial charge in [0.15, 0.2) is 11.6 Å². The summed E-state index contributed by atoms with van der Waals surface area (Å²) in [6.45, 7) is 3.54. The molecule has 0 spiro atoms. The van der Waals surface area contributed by atoms with Gasteiger partial charge in [-0.05, 0) is 18.2 Å². The molecule has 2 N–H and O–H groups in total. The van der Waals surface area contributed by atoms with Crippen LogP contribution in [0.25, 0.3) is 0 Å². The zero-order valence-corrected chi connectivity index (χ0v) is 9.70. The van der Waals surface area contributed by atoms with E-state index < -0.39 is 17.7 Å². The summed E-state index contributed by atoms with van der Waals surface area (Å²) in [7, 11) is 0. The van der Waals surface area contributed by atoms with E-state index in [4.69, 9.17) is 5.73 Å². The predicted molar refractivity (Wildman–Crippen MR) is 61.0 cm³/mol. The molecule has 0 aliphatic carbocycles. The van der Waals surface area contributed by atoms with Crippen molar-refractivity contribution in [3.05, 3.63) is 34.9 Å². The SMILES string of the molecule is CCSCC(N)c1ccc(C)c(F)c1F. The fraction of sp³-hybridized carbons (Fsp3) is 0.455. The first-order valence-electron chi connectivity index (χ1n) is 4.85. The van der Waals surface area contributed by atoms with Crippen molar-refractivity contribution in [3.63, 3.8) is 0 Å².